The Balaban J connectivity index is 1.28. The van der Waals surface area contributed by atoms with Crippen LogP contribution in [-0.4, -0.2) is 18.0 Å². The number of methoxy groups -OCH3 is 1. The van der Waals surface area contributed by atoms with E-state index in [0.717, 1.165) is 28.4 Å². The van der Waals surface area contributed by atoms with Crippen LogP contribution < -0.4 is 15.4 Å². The van der Waals surface area contributed by atoms with E-state index in [1.54, 1.807) is 13.3 Å². The number of oxazole rings is 1. The quantitative estimate of drug-likeness (QED) is 0.389. The van der Waals surface area contributed by atoms with E-state index < -0.39 is 0 Å². The number of para-hydroxylation sites is 1. The molecule has 0 atom stereocenters. The summed E-state index contributed by atoms with van der Waals surface area (Å²) in [4.78, 5) is 16.6. The maximum atomic E-state index is 12.3. The summed E-state index contributed by atoms with van der Waals surface area (Å²) in [7, 11) is 1.63. The molecule has 0 saturated heterocycles. The predicted octanol–water partition coefficient (Wildman–Crippen LogP) is 5.67. The van der Waals surface area contributed by atoms with Gasteiger partial charge >= 0.3 is 0 Å². The van der Waals surface area contributed by atoms with Gasteiger partial charge in [0.25, 0.3) is 0 Å². The molecule has 0 aliphatic carbocycles. The fourth-order valence-electron chi connectivity index (χ4n) is 3.08. The van der Waals surface area contributed by atoms with Crippen molar-refractivity contribution in [2.45, 2.75) is 12.8 Å². The zero-order chi connectivity index (χ0) is 21.5. The van der Waals surface area contributed by atoms with E-state index in [2.05, 4.69) is 15.6 Å². The number of aromatic nitrogens is 1. The molecule has 0 unspecified atom stereocenters. The first-order chi connectivity index (χ1) is 15.2. The fourth-order valence-corrected chi connectivity index (χ4v) is 3.08. The number of ether oxygens (including phenoxy) is 1. The van der Waals surface area contributed by atoms with E-state index >= 15 is 0 Å². The molecular formula is C25H23N3O3. The van der Waals surface area contributed by atoms with Crippen LogP contribution in [0.3, 0.4) is 0 Å². The number of benzene rings is 3. The number of rotatable bonds is 8. The molecule has 0 spiro atoms. The first kappa shape index (κ1) is 20.2. The van der Waals surface area contributed by atoms with Crippen molar-refractivity contribution in [3.8, 4) is 17.1 Å². The second kappa shape index (κ2) is 9.63. The molecule has 0 fully saturated rings. The van der Waals surface area contributed by atoms with Gasteiger partial charge in [0, 0.05) is 35.5 Å². The third-order valence-corrected chi connectivity index (χ3v) is 4.73. The highest BCUT2D eigenvalue weighted by Crippen LogP contribution is 2.24. The van der Waals surface area contributed by atoms with Gasteiger partial charge in [-0.05, 0) is 60.7 Å². The molecule has 156 valence electrons. The Morgan fingerprint density at radius 1 is 0.903 bits per heavy atom. The molecule has 0 saturated carbocycles. The lowest BCUT2D eigenvalue weighted by Crippen LogP contribution is -2.12. The van der Waals surface area contributed by atoms with E-state index in [-0.39, 0.29) is 12.3 Å². The number of hydrogen-bond donors (Lipinski definition) is 2. The summed E-state index contributed by atoms with van der Waals surface area (Å²) in [6.07, 6.45) is 2.38. The predicted molar refractivity (Wildman–Crippen MR) is 122 cm³/mol. The number of nitrogens with one attached hydrogen (secondary N) is 2. The van der Waals surface area contributed by atoms with Crippen LogP contribution in [0, 0.1) is 0 Å². The summed E-state index contributed by atoms with van der Waals surface area (Å²) in [5.41, 5.74) is 3.62. The van der Waals surface area contributed by atoms with E-state index in [0.29, 0.717) is 18.1 Å². The van der Waals surface area contributed by atoms with Crippen molar-refractivity contribution in [1.29, 1.82) is 0 Å². The van der Waals surface area contributed by atoms with Gasteiger partial charge in [-0.3, -0.25) is 4.79 Å². The molecule has 1 heterocycles. The topological polar surface area (TPSA) is 76.4 Å². The summed E-state index contributed by atoms with van der Waals surface area (Å²) >= 11 is 0. The van der Waals surface area contributed by atoms with Crippen LogP contribution >= 0.6 is 0 Å². The van der Waals surface area contributed by atoms with Crippen LogP contribution in [-0.2, 0) is 11.2 Å². The molecule has 3 aromatic carbocycles. The minimum Gasteiger partial charge on any atom is -0.497 e. The highest BCUT2D eigenvalue weighted by Gasteiger charge is 2.10. The van der Waals surface area contributed by atoms with Gasteiger partial charge in [0.15, 0.2) is 11.7 Å². The van der Waals surface area contributed by atoms with E-state index in [9.17, 15) is 4.79 Å². The van der Waals surface area contributed by atoms with E-state index in [4.69, 9.17) is 9.15 Å². The van der Waals surface area contributed by atoms with Crippen molar-refractivity contribution in [3.05, 3.63) is 91.0 Å². The zero-order valence-corrected chi connectivity index (χ0v) is 17.2. The van der Waals surface area contributed by atoms with E-state index in [1.807, 2.05) is 78.9 Å². The van der Waals surface area contributed by atoms with Gasteiger partial charge in [-0.15, -0.1) is 0 Å². The standard InChI is InChI=1S/C25H23N3O3/c1-30-22-13-7-18(8-14-22)23-17-26-25(31-23)16-15-24(29)28-21-11-9-20(10-12-21)27-19-5-3-2-4-6-19/h2-14,17,27H,15-16H2,1H3,(H,28,29). The van der Waals surface area contributed by atoms with Crippen LogP contribution in [0.25, 0.3) is 11.3 Å². The van der Waals surface area contributed by atoms with Gasteiger partial charge in [-0.25, -0.2) is 4.98 Å². The number of carbonyl (C=O) groups excluding carboxylic acids is 1. The summed E-state index contributed by atoms with van der Waals surface area (Å²) in [5, 5.41) is 6.22. The summed E-state index contributed by atoms with van der Waals surface area (Å²) in [6, 6.07) is 25.1. The van der Waals surface area contributed by atoms with Crippen molar-refractivity contribution in [3.63, 3.8) is 0 Å². The Kier molecular flexibility index (Phi) is 6.28. The Morgan fingerprint density at radius 2 is 1.58 bits per heavy atom. The molecule has 4 aromatic rings. The maximum Gasteiger partial charge on any atom is 0.224 e. The molecule has 0 aliphatic heterocycles. The summed E-state index contributed by atoms with van der Waals surface area (Å²) in [6.45, 7) is 0. The average Bonchev–Trinajstić information content (AvgIpc) is 3.29. The van der Waals surface area contributed by atoms with Crippen LogP contribution in [0.4, 0.5) is 17.1 Å². The molecule has 0 aliphatic rings. The Hall–Kier alpha value is -4.06. The molecule has 1 amide bonds. The molecule has 0 bridgehead atoms. The zero-order valence-electron chi connectivity index (χ0n) is 17.2. The Labute approximate surface area is 180 Å². The lowest BCUT2D eigenvalue weighted by molar-refractivity contribution is -0.116. The monoisotopic (exact) mass is 413 g/mol. The van der Waals surface area contributed by atoms with Gasteiger partial charge in [-0.1, -0.05) is 18.2 Å². The smallest absolute Gasteiger partial charge is 0.224 e. The highest BCUT2D eigenvalue weighted by molar-refractivity contribution is 5.91. The van der Waals surface area contributed by atoms with Crippen LogP contribution in [0.15, 0.2) is 89.5 Å². The Bertz CT molecular complexity index is 1120. The van der Waals surface area contributed by atoms with Gasteiger partial charge in [0.2, 0.25) is 5.91 Å². The number of anilines is 3. The maximum absolute atomic E-state index is 12.3. The number of nitrogens with zero attached hydrogens (tertiary/aromatic N) is 1. The van der Waals surface area contributed by atoms with Gasteiger partial charge < -0.3 is 19.8 Å². The number of hydrogen-bond acceptors (Lipinski definition) is 5. The molecular weight excluding hydrogens is 390 g/mol. The highest BCUT2D eigenvalue weighted by atomic mass is 16.5. The van der Waals surface area contributed by atoms with Crippen LogP contribution in [0.5, 0.6) is 5.75 Å². The average molecular weight is 413 g/mol. The second-order valence-corrected chi connectivity index (χ2v) is 6.96. The minimum absolute atomic E-state index is 0.0898. The minimum atomic E-state index is -0.0898. The first-order valence-electron chi connectivity index (χ1n) is 10.0. The van der Waals surface area contributed by atoms with Crippen molar-refractivity contribution in [1.82, 2.24) is 4.98 Å². The normalized spacial score (nSPS) is 10.5. The van der Waals surface area contributed by atoms with Gasteiger partial charge in [0.1, 0.15) is 5.75 Å². The number of carbonyl (C=O) groups is 1. The molecule has 2 N–H and O–H groups in total. The lowest BCUT2D eigenvalue weighted by Gasteiger charge is -2.08. The molecule has 1 aromatic heterocycles. The molecule has 4 rings (SSSR count). The third-order valence-electron chi connectivity index (χ3n) is 4.73. The van der Waals surface area contributed by atoms with Crippen molar-refractivity contribution in [2.24, 2.45) is 0 Å². The largest absolute Gasteiger partial charge is 0.497 e. The molecule has 6 nitrogen and oxygen atoms in total. The van der Waals surface area contributed by atoms with E-state index in [1.165, 1.54) is 0 Å². The van der Waals surface area contributed by atoms with Gasteiger partial charge in [0.05, 0.1) is 13.3 Å². The van der Waals surface area contributed by atoms with Crippen molar-refractivity contribution in [2.75, 3.05) is 17.7 Å². The SMILES string of the molecule is COc1ccc(-c2cnc(CCC(=O)Nc3ccc(Nc4ccccc4)cc3)o2)cc1. The lowest BCUT2D eigenvalue weighted by atomic mass is 10.2. The van der Waals surface area contributed by atoms with Crippen LogP contribution in [0.2, 0.25) is 0 Å². The number of amides is 1. The van der Waals surface area contributed by atoms with Crippen molar-refractivity contribution >= 4 is 23.0 Å². The van der Waals surface area contributed by atoms with Crippen LogP contribution in [0.1, 0.15) is 12.3 Å². The fraction of sp³-hybridized carbons (Fsp3) is 0.120. The molecule has 0 radical (unpaired) electrons. The molecule has 6 heteroatoms. The summed E-state index contributed by atoms with van der Waals surface area (Å²) < 4.78 is 10.9. The third kappa shape index (κ3) is 5.51. The van der Waals surface area contributed by atoms with Crippen molar-refractivity contribution < 1.29 is 13.9 Å². The second-order valence-electron chi connectivity index (χ2n) is 6.96. The first-order valence-corrected chi connectivity index (χ1v) is 10.0. The number of aryl methyl sites for hydroxylation is 1. The summed E-state index contributed by atoms with van der Waals surface area (Å²) in [5.74, 6) is 1.89. The van der Waals surface area contributed by atoms with Gasteiger partial charge in [-0.2, -0.15) is 0 Å². The molecule has 31 heavy (non-hydrogen) atoms. The Morgan fingerprint density at radius 3 is 2.29 bits per heavy atom.